The van der Waals surface area contributed by atoms with Crippen LogP contribution in [0.4, 0.5) is 5.69 Å². The van der Waals surface area contributed by atoms with Crippen LogP contribution < -0.4 is 16.0 Å². The average molecular weight is 448 g/mol. The molecule has 0 amide bonds. The number of hydrogen-bond acceptors (Lipinski definition) is 5. The molecule has 1 heterocycles. The smallest absolute Gasteiger partial charge is 0.321 e. The van der Waals surface area contributed by atoms with Crippen molar-refractivity contribution in [2.75, 3.05) is 0 Å². The minimum absolute atomic E-state index is 0.0615. The van der Waals surface area contributed by atoms with E-state index in [2.05, 4.69) is 9.98 Å². The molecule has 4 rings (SSSR count). The Morgan fingerprint density at radius 3 is 2.34 bits per heavy atom. The first-order chi connectivity index (χ1) is 13.6. The minimum atomic E-state index is -4.82. The van der Waals surface area contributed by atoms with Crippen molar-refractivity contribution >= 4 is 53.0 Å². The average Bonchev–Trinajstić information content (AvgIpc) is 2.65. The molecular formula is C18H14N2O6P2S. The highest BCUT2D eigenvalue weighted by atomic mass is 32.1. The Kier molecular flexibility index (Phi) is 5.01. The number of para-hydroxylation sites is 1. The second-order valence-corrected chi connectivity index (χ2v) is 10.5. The summed E-state index contributed by atoms with van der Waals surface area (Å²) >= 11 is 1.51. The Morgan fingerprint density at radius 1 is 0.862 bits per heavy atom. The normalized spacial score (nSPS) is 13.3. The summed E-state index contributed by atoms with van der Waals surface area (Å²) in [6.45, 7) is 0. The summed E-state index contributed by atoms with van der Waals surface area (Å²) in [5, 5.41) is -0.589. The van der Waals surface area contributed by atoms with E-state index in [4.69, 9.17) is 0 Å². The zero-order valence-electron chi connectivity index (χ0n) is 14.6. The van der Waals surface area contributed by atoms with Crippen LogP contribution in [-0.4, -0.2) is 24.6 Å². The van der Waals surface area contributed by atoms with Crippen molar-refractivity contribution in [1.82, 2.24) is 4.98 Å². The van der Waals surface area contributed by atoms with Crippen LogP contribution in [0.25, 0.3) is 20.8 Å². The molecule has 11 heteroatoms. The monoisotopic (exact) mass is 448 g/mol. The van der Waals surface area contributed by atoms with E-state index in [1.165, 1.54) is 17.4 Å². The van der Waals surface area contributed by atoms with Gasteiger partial charge in [0.15, 0.2) is 0 Å². The first-order valence-corrected chi connectivity index (χ1v) is 12.3. The highest BCUT2D eigenvalue weighted by molar-refractivity contribution is 7.62. The van der Waals surface area contributed by atoms with Gasteiger partial charge < -0.3 is 19.6 Å². The Labute approximate surface area is 168 Å². The number of fused-ring (bicyclic) bond motifs is 2. The number of rotatable bonds is 3. The Morgan fingerprint density at radius 2 is 1.62 bits per heavy atom. The van der Waals surface area contributed by atoms with Crippen molar-refractivity contribution < 1.29 is 28.7 Å². The summed E-state index contributed by atoms with van der Waals surface area (Å²) in [5.74, 6) is 0. The Balaban J connectivity index is 1.90. The first kappa shape index (κ1) is 20.1. The minimum Gasteiger partial charge on any atom is -0.321 e. The van der Waals surface area contributed by atoms with Gasteiger partial charge in [-0.15, -0.1) is 11.3 Å². The van der Waals surface area contributed by atoms with Gasteiger partial charge in [-0.2, -0.15) is 0 Å². The molecule has 1 aliphatic carbocycles. The summed E-state index contributed by atoms with van der Waals surface area (Å²) in [7, 11) is -9.48. The maximum atomic E-state index is 11.9. The third-order valence-electron chi connectivity index (χ3n) is 4.13. The zero-order valence-corrected chi connectivity index (χ0v) is 17.2. The highest BCUT2D eigenvalue weighted by Crippen LogP contribution is 2.40. The fourth-order valence-electron chi connectivity index (χ4n) is 2.79. The molecule has 2 aromatic rings. The number of aromatic nitrogens is 1. The molecule has 2 aliphatic rings. The Bertz CT molecular complexity index is 1370. The lowest BCUT2D eigenvalue weighted by Gasteiger charge is -2.11. The lowest BCUT2D eigenvalue weighted by molar-refractivity contribution is 0.386. The molecule has 0 bridgehead atoms. The molecule has 0 unspecified atom stereocenters. The summed E-state index contributed by atoms with van der Waals surface area (Å²) in [6, 6.07) is 16.0. The van der Waals surface area contributed by atoms with Crippen molar-refractivity contribution in [1.29, 1.82) is 0 Å². The van der Waals surface area contributed by atoms with Gasteiger partial charge >= 0.3 is 15.2 Å². The van der Waals surface area contributed by atoms with E-state index >= 15 is 0 Å². The molecule has 2 aromatic carbocycles. The molecule has 0 atom stereocenters. The van der Waals surface area contributed by atoms with E-state index in [1.54, 1.807) is 18.2 Å². The molecule has 8 nitrogen and oxygen atoms in total. The molecule has 0 spiro atoms. The number of hydrogen-bond donors (Lipinski definition) is 4. The van der Waals surface area contributed by atoms with Crippen LogP contribution in [0.2, 0.25) is 0 Å². The van der Waals surface area contributed by atoms with Crippen LogP contribution in [0.1, 0.15) is 0 Å². The standard InChI is InChI=1S/C18H14N2O6P2S/c21-27(22,23)12-6-8-13(16(10-12)28(24,25)26)19-11-5-7-15-18(9-11)29-17-4-2-1-3-14(17)20-15/h1-10H,(H2,21,22,23)(H2,24,25,26). The summed E-state index contributed by atoms with van der Waals surface area (Å²) < 4.78 is 24.3. The van der Waals surface area contributed by atoms with E-state index in [0.29, 0.717) is 5.36 Å². The molecular weight excluding hydrogens is 434 g/mol. The van der Waals surface area contributed by atoms with Gasteiger partial charge in [0.05, 0.1) is 42.4 Å². The number of benzene rings is 3. The lowest BCUT2D eigenvalue weighted by Crippen LogP contribution is -2.15. The molecule has 0 fully saturated rings. The lowest BCUT2D eigenvalue weighted by atomic mass is 10.2. The summed E-state index contributed by atoms with van der Waals surface area (Å²) in [6.07, 6.45) is 0. The van der Waals surface area contributed by atoms with Crippen molar-refractivity contribution in [2.24, 2.45) is 4.99 Å². The van der Waals surface area contributed by atoms with Crippen LogP contribution in [-0.2, 0) is 9.13 Å². The first-order valence-electron chi connectivity index (χ1n) is 8.22. The molecule has 148 valence electrons. The van der Waals surface area contributed by atoms with Crippen LogP contribution >= 0.6 is 26.5 Å². The van der Waals surface area contributed by atoms with Gasteiger partial charge in [-0.05, 0) is 48.5 Å². The van der Waals surface area contributed by atoms with E-state index < -0.39 is 25.8 Å². The van der Waals surface area contributed by atoms with E-state index in [-0.39, 0.29) is 5.69 Å². The fraction of sp³-hybridized carbons (Fsp3) is 0. The van der Waals surface area contributed by atoms with Crippen LogP contribution in [0.5, 0.6) is 0 Å². The van der Waals surface area contributed by atoms with Crippen LogP contribution in [0.15, 0.2) is 65.7 Å². The van der Waals surface area contributed by atoms with Gasteiger partial charge in [-0.25, -0.2) is 9.98 Å². The fourth-order valence-corrected chi connectivity index (χ4v) is 5.19. The van der Waals surface area contributed by atoms with Gasteiger partial charge in [0.2, 0.25) is 0 Å². The predicted molar refractivity (Wildman–Crippen MR) is 111 cm³/mol. The number of nitrogens with zero attached hydrogens (tertiary/aromatic N) is 2. The van der Waals surface area contributed by atoms with E-state index in [0.717, 1.165) is 32.9 Å². The van der Waals surface area contributed by atoms with Crippen LogP contribution in [0, 0.1) is 0 Å². The van der Waals surface area contributed by atoms with Crippen molar-refractivity contribution in [3.05, 3.63) is 66.0 Å². The van der Waals surface area contributed by atoms with Gasteiger partial charge in [0.1, 0.15) is 0 Å². The third-order valence-corrected chi connectivity index (χ3v) is 7.18. The summed E-state index contributed by atoms with van der Waals surface area (Å²) in [5.41, 5.74) is 1.57. The zero-order chi connectivity index (χ0) is 20.8. The molecule has 29 heavy (non-hydrogen) atoms. The topological polar surface area (TPSA) is 140 Å². The molecule has 0 radical (unpaired) electrons. The second-order valence-electron chi connectivity index (χ2n) is 6.21. The third kappa shape index (κ3) is 4.22. The van der Waals surface area contributed by atoms with Crippen LogP contribution in [0.3, 0.4) is 0 Å². The van der Waals surface area contributed by atoms with E-state index in [9.17, 15) is 28.7 Å². The molecule has 1 aliphatic heterocycles. The van der Waals surface area contributed by atoms with Gasteiger partial charge in [-0.1, -0.05) is 12.1 Å². The molecule has 0 aromatic heterocycles. The Hall–Kier alpha value is -2.22. The van der Waals surface area contributed by atoms with Gasteiger partial charge in [0, 0.05) is 0 Å². The van der Waals surface area contributed by atoms with Crippen molar-refractivity contribution in [3.63, 3.8) is 0 Å². The van der Waals surface area contributed by atoms with E-state index in [1.807, 2.05) is 24.3 Å². The predicted octanol–water partition coefficient (Wildman–Crippen LogP) is 2.24. The SMILES string of the molecule is O=P(O)(O)c1ccc(N=c2ccc3nc4ccccc4sc-3c2)c(P(=O)(O)O)c1. The van der Waals surface area contributed by atoms with Crippen molar-refractivity contribution in [2.45, 2.75) is 0 Å². The summed E-state index contributed by atoms with van der Waals surface area (Å²) in [4.78, 5) is 47.5. The highest BCUT2D eigenvalue weighted by Gasteiger charge is 2.26. The maximum Gasteiger partial charge on any atom is 0.358 e. The molecule has 0 saturated carbocycles. The molecule has 4 N–H and O–H groups in total. The molecule has 0 saturated heterocycles. The van der Waals surface area contributed by atoms with Crippen molar-refractivity contribution in [3.8, 4) is 10.6 Å². The largest absolute Gasteiger partial charge is 0.358 e. The quantitative estimate of drug-likeness (QED) is 0.278. The van der Waals surface area contributed by atoms with Gasteiger partial charge in [0.25, 0.3) is 0 Å². The maximum absolute atomic E-state index is 11.9. The second kappa shape index (κ2) is 7.23. The van der Waals surface area contributed by atoms with Gasteiger partial charge in [-0.3, -0.25) is 9.13 Å².